The SMILES string of the molecule is CC(C)(C)[P]=[W]. The van der Waals surface area contributed by atoms with Crippen LogP contribution in [-0.2, 0) is 18.8 Å². The first-order chi connectivity index (χ1) is 2.56. The van der Waals surface area contributed by atoms with E-state index in [0.717, 1.165) is 0 Å². The Morgan fingerprint density at radius 3 is 1.50 bits per heavy atom. The van der Waals surface area contributed by atoms with Gasteiger partial charge in [0.2, 0.25) is 0 Å². The van der Waals surface area contributed by atoms with Crippen LogP contribution in [0.1, 0.15) is 20.8 Å². The molecule has 0 radical (unpaired) electrons. The summed E-state index contributed by atoms with van der Waals surface area (Å²) in [5.41, 5.74) is 0. The Hall–Kier alpha value is 0.988. The average Bonchev–Trinajstić information content (AvgIpc) is 1.35. The minimum atomic E-state index is 0.551. The molecule has 0 aliphatic carbocycles. The molecule has 0 amide bonds. The van der Waals surface area contributed by atoms with Gasteiger partial charge in [-0.15, -0.1) is 0 Å². The first kappa shape index (κ1) is 6.99. The zero-order valence-electron chi connectivity index (χ0n) is 4.36. The van der Waals surface area contributed by atoms with E-state index < -0.39 is 0 Å². The molecule has 0 unspecified atom stereocenters. The Labute approximate surface area is 51.3 Å². The van der Waals surface area contributed by atoms with E-state index in [1.54, 1.807) is 25.0 Å². The molecule has 0 aromatic rings. The van der Waals surface area contributed by atoms with Crippen LogP contribution in [-0.4, -0.2) is 5.16 Å². The van der Waals surface area contributed by atoms with E-state index in [0.29, 0.717) is 5.16 Å². The van der Waals surface area contributed by atoms with Crippen LogP contribution >= 0.6 is 6.21 Å². The second-order valence-corrected chi connectivity index (χ2v) is 5.75. The maximum atomic E-state index is 2.25. The second-order valence-electron chi connectivity index (χ2n) is 2.26. The third-order valence-corrected chi connectivity index (χ3v) is 6.72. The van der Waals surface area contributed by atoms with Gasteiger partial charge in [0.15, 0.2) is 0 Å². The predicted molar refractivity (Wildman–Crippen MR) is 26.7 cm³/mol. The van der Waals surface area contributed by atoms with Crippen molar-refractivity contribution in [2.75, 3.05) is 0 Å². The van der Waals surface area contributed by atoms with Gasteiger partial charge in [0.1, 0.15) is 0 Å². The fourth-order valence-corrected chi connectivity index (χ4v) is 0. The molecular formula is C4H9PW. The van der Waals surface area contributed by atoms with Gasteiger partial charge in [-0.05, 0) is 0 Å². The summed E-state index contributed by atoms with van der Waals surface area (Å²) in [5, 5.41) is 0.551. The van der Waals surface area contributed by atoms with Gasteiger partial charge in [0.25, 0.3) is 0 Å². The molecule has 0 bridgehead atoms. The molecule has 0 nitrogen and oxygen atoms in total. The second kappa shape index (κ2) is 2.34. The van der Waals surface area contributed by atoms with Crippen LogP contribution in [0.15, 0.2) is 0 Å². The Kier molecular flexibility index (Phi) is 2.72. The van der Waals surface area contributed by atoms with Gasteiger partial charge in [0, 0.05) is 0 Å². The summed E-state index contributed by atoms with van der Waals surface area (Å²) in [4.78, 5) is 0. The molecule has 2 heteroatoms. The van der Waals surface area contributed by atoms with Crippen molar-refractivity contribution in [1.29, 1.82) is 0 Å². The first-order valence-corrected chi connectivity index (χ1v) is 6.65. The molecule has 0 N–H and O–H groups in total. The molecule has 0 atom stereocenters. The average molecular weight is 272 g/mol. The Morgan fingerprint density at radius 1 is 1.33 bits per heavy atom. The van der Waals surface area contributed by atoms with E-state index in [2.05, 4.69) is 20.8 Å². The van der Waals surface area contributed by atoms with Gasteiger partial charge in [-0.3, -0.25) is 0 Å². The first-order valence-electron chi connectivity index (χ1n) is 1.91. The van der Waals surface area contributed by atoms with Crippen LogP contribution in [0.25, 0.3) is 0 Å². The van der Waals surface area contributed by atoms with Crippen LogP contribution < -0.4 is 0 Å². The van der Waals surface area contributed by atoms with Crippen molar-refractivity contribution < 1.29 is 18.8 Å². The van der Waals surface area contributed by atoms with Gasteiger partial charge >= 0.3 is 50.9 Å². The van der Waals surface area contributed by atoms with Gasteiger partial charge in [-0.25, -0.2) is 0 Å². The van der Waals surface area contributed by atoms with Gasteiger partial charge in [-0.1, -0.05) is 0 Å². The summed E-state index contributed by atoms with van der Waals surface area (Å²) in [6.45, 7) is 6.75. The van der Waals surface area contributed by atoms with Gasteiger partial charge in [-0.2, -0.15) is 0 Å². The summed E-state index contributed by atoms with van der Waals surface area (Å²) in [6, 6.07) is 0. The van der Waals surface area contributed by atoms with E-state index in [1.807, 2.05) is 0 Å². The molecule has 0 spiro atoms. The van der Waals surface area contributed by atoms with Crippen LogP contribution in [0.4, 0.5) is 0 Å². The van der Waals surface area contributed by atoms with Crippen molar-refractivity contribution >= 4 is 6.21 Å². The van der Waals surface area contributed by atoms with Crippen LogP contribution in [0.2, 0.25) is 0 Å². The minimum absolute atomic E-state index is 0.551. The Balaban J connectivity index is 3.45. The van der Waals surface area contributed by atoms with E-state index in [1.165, 1.54) is 0 Å². The zero-order valence-corrected chi connectivity index (χ0v) is 8.18. The molecule has 0 fully saturated rings. The summed E-state index contributed by atoms with van der Waals surface area (Å²) < 4.78 is 0. The van der Waals surface area contributed by atoms with Crippen molar-refractivity contribution in [3.8, 4) is 0 Å². The van der Waals surface area contributed by atoms with Gasteiger partial charge in [0.05, 0.1) is 0 Å². The van der Waals surface area contributed by atoms with Crippen LogP contribution in [0.5, 0.6) is 0 Å². The molecule has 0 saturated carbocycles. The molecular weight excluding hydrogens is 263 g/mol. The van der Waals surface area contributed by atoms with Crippen molar-refractivity contribution in [1.82, 2.24) is 0 Å². The molecule has 0 rings (SSSR count). The van der Waals surface area contributed by atoms with Crippen molar-refractivity contribution in [2.45, 2.75) is 25.9 Å². The monoisotopic (exact) mass is 272 g/mol. The summed E-state index contributed by atoms with van der Waals surface area (Å²) in [7, 11) is 0. The molecule has 36 valence electrons. The topological polar surface area (TPSA) is 0 Å². The quantitative estimate of drug-likeness (QED) is 0.593. The van der Waals surface area contributed by atoms with Crippen LogP contribution in [0.3, 0.4) is 0 Å². The molecule has 6 heavy (non-hydrogen) atoms. The molecule has 0 saturated heterocycles. The standard InChI is InChI=1S/C4H9P.W/c1-4(2,3)5;/h1-3H3;. The molecule has 0 aliphatic heterocycles. The summed E-state index contributed by atoms with van der Waals surface area (Å²) in [6.07, 6.45) is 1.56. The van der Waals surface area contributed by atoms with Crippen LogP contribution in [0, 0.1) is 0 Å². The molecule has 0 aromatic carbocycles. The van der Waals surface area contributed by atoms with Crippen molar-refractivity contribution in [2.24, 2.45) is 0 Å². The molecule has 0 heterocycles. The Morgan fingerprint density at radius 2 is 1.50 bits per heavy atom. The number of hydrogen-bond acceptors (Lipinski definition) is 0. The van der Waals surface area contributed by atoms with E-state index >= 15 is 0 Å². The normalized spacial score (nSPS) is 12.5. The Bertz CT molecular complexity index is 53.1. The summed E-state index contributed by atoms with van der Waals surface area (Å²) in [5.74, 6) is 0. The zero-order chi connectivity index (χ0) is 5.21. The third-order valence-electron chi connectivity index (χ3n) is 0.274. The van der Waals surface area contributed by atoms with E-state index in [4.69, 9.17) is 0 Å². The number of rotatable bonds is 0. The van der Waals surface area contributed by atoms with Crippen molar-refractivity contribution in [3.05, 3.63) is 0 Å². The summed E-state index contributed by atoms with van der Waals surface area (Å²) >= 11 is 1.66. The fraction of sp³-hybridized carbons (Fsp3) is 1.00. The maximum absolute atomic E-state index is 2.25. The fourth-order valence-electron chi connectivity index (χ4n) is 0. The molecule has 0 aliphatic rings. The molecule has 0 aromatic heterocycles. The van der Waals surface area contributed by atoms with E-state index in [9.17, 15) is 0 Å². The number of hydrogen-bond donors (Lipinski definition) is 0. The van der Waals surface area contributed by atoms with E-state index in [-0.39, 0.29) is 0 Å². The predicted octanol–water partition coefficient (Wildman–Crippen LogP) is 2.19. The third kappa shape index (κ3) is 4.99. The van der Waals surface area contributed by atoms with Gasteiger partial charge < -0.3 is 0 Å². The van der Waals surface area contributed by atoms with Crippen molar-refractivity contribution in [3.63, 3.8) is 0 Å².